The van der Waals surface area contributed by atoms with Gasteiger partial charge in [-0.2, -0.15) is 0 Å². The number of aryl methyl sites for hydroxylation is 1. The van der Waals surface area contributed by atoms with E-state index in [2.05, 4.69) is 34.1 Å². The van der Waals surface area contributed by atoms with Gasteiger partial charge in [0.25, 0.3) is 0 Å². The first-order chi connectivity index (χ1) is 12.3. The maximum atomic E-state index is 12.7. The smallest absolute Gasteiger partial charge is 0.222 e. The molecule has 3 heteroatoms. The molecule has 4 rings (SSSR count). The third kappa shape index (κ3) is 4.44. The Bertz CT molecular complexity index is 569. The molecule has 3 aliphatic rings. The second kappa shape index (κ2) is 7.90. The number of carbonyl (C=O) groups excluding carboxylic acids is 1. The summed E-state index contributed by atoms with van der Waals surface area (Å²) in [6.07, 6.45) is 9.61. The van der Waals surface area contributed by atoms with Crippen LogP contribution in [0.15, 0.2) is 30.3 Å². The number of fused-ring (bicyclic) bond motifs is 1. The molecule has 0 radical (unpaired) electrons. The highest BCUT2D eigenvalue weighted by Gasteiger charge is 2.37. The summed E-state index contributed by atoms with van der Waals surface area (Å²) in [5, 5.41) is 0. The SMILES string of the molecule is O=C(CCc1ccccc1)N1CC[C@@H]2[C@@H](CCCCN2CC2CC2)C1. The van der Waals surface area contributed by atoms with Gasteiger partial charge in [-0.1, -0.05) is 36.8 Å². The molecule has 1 aliphatic carbocycles. The van der Waals surface area contributed by atoms with Crippen molar-refractivity contribution in [3.8, 4) is 0 Å². The number of nitrogens with zero attached hydrogens (tertiary/aromatic N) is 2. The van der Waals surface area contributed by atoms with Gasteiger partial charge in [-0.15, -0.1) is 0 Å². The highest BCUT2D eigenvalue weighted by Crippen LogP contribution is 2.35. The monoisotopic (exact) mass is 340 g/mol. The fourth-order valence-electron chi connectivity index (χ4n) is 4.81. The molecule has 2 atom stereocenters. The van der Waals surface area contributed by atoms with Gasteiger partial charge in [0.05, 0.1) is 0 Å². The van der Waals surface area contributed by atoms with E-state index < -0.39 is 0 Å². The summed E-state index contributed by atoms with van der Waals surface area (Å²) in [5.74, 6) is 2.04. The molecule has 1 aromatic rings. The van der Waals surface area contributed by atoms with Gasteiger partial charge in [0, 0.05) is 32.1 Å². The van der Waals surface area contributed by atoms with Crippen molar-refractivity contribution in [1.29, 1.82) is 0 Å². The molecule has 0 aromatic heterocycles. The zero-order valence-corrected chi connectivity index (χ0v) is 15.4. The third-order valence-electron chi connectivity index (χ3n) is 6.45. The van der Waals surface area contributed by atoms with Gasteiger partial charge in [0.2, 0.25) is 5.91 Å². The average Bonchev–Trinajstić information content (AvgIpc) is 3.48. The van der Waals surface area contributed by atoms with Crippen LogP contribution in [-0.2, 0) is 11.2 Å². The average molecular weight is 341 g/mol. The topological polar surface area (TPSA) is 23.6 Å². The van der Waals surface area contributed by atoms with Crippen LogP contribution in [0.3, 0.4) is 0 Å². The minimum absolute atomic E-state index is 0.361. The van der Waals surface area contributed by atoms with Crippen LogP contribution in [0.5, 0.6) is 0 Å². The van der Waals surface area contributed by atoms with Gasteiger partial charge in [0.1, 0.15) is 0 Å². The van der Waals surface area contributed by atoms with Crippen LogP contribution >= 0.6 is 0 Å². The minimum Gasteiger partial charge on any atom is -0.342 e. The molecule has 25 heavy (non-hydrogen) atoms. The summed E-state index contributed by atoms with van der Waals surface area (Å²) in [4.78, 5) is 17.7. The number of hydrogen-bond acceptors (Lipinski definition) is 2. The first kappa shape index (κ1) is 17.1. The molecular formula is C22H32N2O. The first-order valence-corrected chi connectivity index (χ1v) is 10.4. The van der Waals surface area contributed by atoms with Gasteiger partial charge in [-0.05, 0) is 62.5 Å². The normalized spacial score (nSPS) is 27.6. The molecule has 3 nitrogen and oxygen atoms in total. The van der Waals surface area contributed by atoms with E-state index in [-0.39, 0.29) is 0 Å². The molecular weight excluding hydrogens is 308 g/mol. The summed E-state index contributed by atoms with van der Waals surface area (Å²) >= 11 is 0. The standard InChI is InChI=1S/C22H32N2O/c25-22(12-11-18-6-2-1-3-7-18)24-15-13-21-20(17-24)8-4-5-14-23(21)16-19-9-10-19/h1-3,6-7,19-21H,4-5,8-17H2/t20-,21+/m0/s1. The minimum atomic E-state index is 0.361. The first-order valence-electron chi connectivity index (χ1n) is 10.4. The van der Waals surface area contributed by atoms with Crippen molar-refractivity contribution in [1.82, 2.24) is 9.80 Å². The van der Waals surface area contributed by atoms with Crippen molar-refractivity contribution < 1.29 is 4.79 Å². The molecule has 2 heterocycles. The Morgan fingerprint density at radius 3 is 2.64 bits per heavy atom. The Labute approximate surface area is 152 Å². The van der Waals surface area contributed by atoms with Crippen molar-refractivity contribution in [3.05, 3.63) is 35.9 Å². The molecule has 1 amide bonds. The molecule has 0 unspecified atom stereocenters. The van der Waals surface area contributed by atoms with Crippen LogP contribution in [-0.4, -0.2) is 47.9 Å². The number of benzene rings is 1. The van der Waals surface area contributed by atoms with E-state index in [0.29, 0.717) is 18.2 Å². The van der Waals surface area contributed by atoms with Gasteiger partial charge in [-0.3, -0.25) is 9.69 Å². The largest absolute Gasteiger partial charge is 0.342 e. The van der Waals surface area contributed by atoms with Crippen LogP contribution in [0, 0.1) is 11.8 Å². The van der Waals surface area contributed by atoms with E-state index in [4.69, 9.17) is 0 Å². The quantitative estimate of drug-likeness (QED) is 0.815. The van der Waals surface area contributed by atoms with E-state index in [1.54, 1.807) is 0 Å². The highest BCUT2D eigenvalue weighted by molar-refractivity contribution is 5.76. The Morgan fingerprint density at radius 1 is 1.00 bits per heavy atom. The van der Waals surface area contributed by atoms with Crippen molar-refractivity contribution in [2.75, 3.05) is 26.2 Å². The van der Waals surface area contributed by atoms with Crippen LogP contribution in [0.1, 0.15) is 50.5 Å². The number of likely N-dealkylation sites (tertiary alicyclic amines) is 2. The molecule has 3 fully saturated rings. The second-order valence-corrected chi connectivity index (χ2v) is 8.38. The lowest BCUT2D eigenvalue weighted by Gasteiger charge is -2.43. The molecule has 0 N–H and O–H groups in total. The predicted octanol–water partition coefficient (Wildman–Crippen LogP) is 3.73. The van der Waals surface area contributed by atoms with E-state index >= 15 is 0 Å². The lowest BCUT2D eigenvalue weighted by atomic mass is 9.88. The molecule has 1 saturated carbocycles. The van der Waals surface area contributed by atoms with Crippen LogP contribution in [0.2, 0.25) is 0 Å². The van der Waals surface area contributed by atoms with E-state index in [0.717, 1.165) is 31.5 Å². The van der Waals surface area contributed by atoms with Gasteiger partial charge in [-0.25, -0.2) is 0 Å². The van der Waals surface area contributed by atoms with Crippen molar-refractivity contribution in [2.45, 2.75) is 57.4 Å². The van der Waals surface area contributed by atoms with Crippen LogP contribution in [0.4, 0.5) is 0 Å². The van der Waals surface area contributed by atoms with E-state index in [1.807, 2.05) is 6.07 Å². The van der Waals surface area contributed by atoms with Crippen molar-refractivity contribution in [3.63, 3.8) is 0 Å². The van der Waals surface area contributed by atoms with Gasteiger partial charge >= 0.3 is 0 Å². The molecule has 0 bridgehead atoms. The number of amides is 1. The maximum Gasteiger partial charge on any atom is 0.222 e. The summed E-state index contributed by atoms with van der Waals surface area (Å²) in [6, 6.07) is 11.1. The molecule has 1 aromatic carbocycles. The predicted molar refractivity (Wildman–Crippen MR) is 101 cm³/mol. The van der Waals surface area contributed by atoms with Crippen molar-refractivity contribution >= 4 is 5.91 Å². The number of hydrogen-bond donors (Lipinski definition) is 0. The molecule has 136 valence electrons. The van der Waals surface area contributed by atoms with Crippen molar-refractivity contribution in [2.24, 2.45) is 11.8 Å². The summed E-state index contributed by atoms with van der Waals surface area (Å²) in [5.41, 5.74) is 1.27. The Morgan fingerprint density at radius 2 is 1.84 bits per heavy atom. The van der Waals surface area contributed by atoms with Crippen LogP contribution in [0.25, 0.3) is 0 Å². The van der Waals surface area contributed by atoms with Gasteiger partial charge in [0.15, 0.2) is 0 Å². The lowest BCUT2D eigenvalue weighted by molar-refractivity contribution is -0.134. The van der Waals surface area contributed by atoms with Gasteiger partial charge < -0.3 is 4.90 Å². The Balaban J connectivity index is 1.32. The van der Waals surface area contributed by atoms with E-state index in [1.165, 1.54) is 57.2 Å². The molecule has 0 spiro atoms. The molecule has 2 saturated heterocycles. The second-order valence-electron chi connectivity index (χ2n) is 8.38. The zero-order valence-electron chi connectivity index (χ0n) is 15.4. The zero-order chi connectivity index (χ0) is 17.1. The fourth-order valence-corrected chi connectivity index (χ4v) is 4.81. The fraction of sp³-hybridized carbons (Fsp3) is 0.682. The highest BCUT2D eigenvalue weighted by atomic mass is 16.2. The summed E-state index contributed by atoms with van der Waals surface area (Å²) < 4.78 is 0. The summed E-state index contributed by atoms with van der Waals surface area (Å²) in [6.45, 7) is 4.58. The Hall–Kier alpha value is -1.35. The number of carbonyl (C=O) groups is 1. The Kier molecular flexibility index (Phi) is 5.40. The number of piperidine rings is 1. The number of rotatable bonds is 5. The lowest BCUT2D eigenvalue weighted by Crippen LogP contribution is -2.52. The van der Waals surface area contributed by atoms with Crippen LogP contribution < -0.4 is 0 Å². The maximum absolute atomic E-state index is 12.7. The molecule has 2 aliphatic heterocycles. The van der Waals surface area contributed by atoms with E-state index in [9.17, 15) is 4.79 Å². The summed E-state index contributed by atoms with van der Waals surface area (Å²) in [7, 11) is 0. The third-order valence-corrected chi connectivity index (χ3v) is 6.45.